The second-order valence-corrected chi connectivity index (χ2v) is 15.2. The molecule has 0 aliphatic heterocycles. The van der Waals surface area contributed by atoms with Gasteiger partial charge in [-0.05, 0) is 0 Å². The first-order chi connectivity index (χ1) is 15.2. The van der Waals surface area contributed by atoms with Crippen molar-refractivity contribution in [3.63, 3.8) is 0 Å². The van der Waals surface area contributed by atoms with Crippen LogP contribution in [0.2, 0.25) is 0 Å². The predicted octanol–water partition coefficient (Wildman–Crippen LogP) is 3.46. The molecule has 0 heterocycles. The molecule has 0 saturated heterocycles. The molecule has 0 atom stereocenters. The molecule has 3 rings (SSSR count). The fraction of sp³-hybridized carbons (Fsp3) is 0.357. The van der Waals surface area contributed by atoms with E-state index in [1.807, 2.05) is 0 Å². The van der Waals surface area contributed by atoms with Gasteiger partial charge in [-0.1, -0.05) is 0 Å². The SMILES string of the molecule is Cl.[Cl-].[NH3+]CCCCCCCCCCP(Cl)(c1ccccc1)(c1ccccc1)c1ccccc1. The van der Waals surface area contributed by atoms with E-state index in [2.05, 4.69) is 96.7 Å². The average molecular weight is 527 g/mol. The number of halogens is 3. The van der Waals surface area contributed by atoms with Crippen molar-refractivity contribution >= 4 is 45.5 Å². The molecule has 5 heteroatoms. The van der Waals surface area contributed by atoms with Gasteiger partial charge in [-0.25, -0.2) is 0 Å². The molecule has 3 aromatic carbocycles. The summed E-state index contributed by atoms with van der Waals surface area (Å²) in [5.41, 5.74) is 3.94. The molecule has 0 aliphatic rings. The Bertz CT molecular complexity index is 791. The van der Waals surface area contributed by atoms with Crippen molar-refractivity contribution in [2.45, 2.75) is 51.4 Å². The van der Waals surface area contributed by atoms with E-state index in [9.17, 15) is 0 Å². The van der Waals surface area contributed by atoms with Gasteiger partial charge in [0.25, 0.3) is 0 Å². The number of benzene rings is 3. The first kappa shape index (κ1) is 30.0. The van der Waals surface area contributed by atoms with E-state index in [0.29, 0.717) is 0 Å². The Morgan fingerprint density at radius 2 is 0.818 bits per heavy atom. The number of rotatable bonds is 13. The van der Waals surface area contributed by atoms with Crippen LogP contribution in [-0.4, -0.2) is 12.7 Å². The maximum atomic E-state index is 8.10. The molecule has 0 aromatic heterocycles. The van der Waals surface area contributed by atoms with Crippen molar-refractivity contribution in [3.05, 3.63) is 91.0 Å². The second kappa shape index (κ2) is 15.0. The molecular weight excluding hydrogens is 488 g/mol. The maximum absolute atomic E-state index is 8.10. The molecule has 0 spiro atoms. The van der Waals surface area contributed by atoms with Gasteiger partial charge < -0.3 is 12.4 Å². The third kappa shape index (κ3) is 7.20. The predicted molar refractivity (Wildman–Crippen MR) is 148 cm³/mol. The fourth-order valence-electron chi connectivity index (χ4n) is 4.70. The Labute approximate surface area is 218 Å². The van der Waals surface area contributed by atoms with Crippen LogP contribution in [0.4, 0.5) is 0 Å². The zero-order valence-corrected chi connectivity index (χ0v) is 22.8. The molecule has 0 radical (unpaired) electrons. The Balaban J connectivity index is 0.00000272. The summed E-state index contributed by atoms with van der Waals surface area (Å²) in [6.07, 6.45) is 11.3. The third-order valence-electron chi connectivity index (χ3n) is 6.46. The van der Waals surface area contributed by atoms with Crippen molar-refractivity contribution in [1.82, 2.24) is 0 Å². The molecule has 0 amide bonds. The summed E-state index contributed by atoms with van der Waals surface area (Å²) < 4.78 is 0. The molecule has 0 aliphatic carbocycles. The van der Waals surface area contributed by atoms with Gasteiger partial charge in [0.2, 0.25) is 0 Å². The summed E-state index contributed by atoms with van der Waals surface area (Å²) in [4.78, 5) is 0. The quantitative estimate of drug-likeness (QED) is 0.261. The summed E-state index contributed by atoms with van der Waals surface area (Å²) in [5, 5.41) is 3.84. The van der Waals surface area contributed by atoms with Crippen LogP contribution < -0.4 is 34.1 Å². The van der Waals surface area contributed by atoms with Gasteiger partial charge in [0.15, 0.2) is 0 Å². The van der Waals surface area contributed by atoms with Gasteiger partial charge in [0.1, 0.15) is 0 Å². The van der Waals surface area contributed by atoms with Crippen LogP contribution >= 0.6 is 29.6 Å². The van der Waals surface area contributed by atoms with Crippen LogP contribution in [0, 0.1) is 0 Å². The van der Waals surface area contributed by atoms with Crippen molar-refractivity contribution < 1.29 is 18.1 Å². The Kier molecular flexibility index (Phi) is 13.6. The van der Waals surface area contributed by atoms with Crippen molar-refractivity contribution in [3.8, 4) is 0 Å². The van der Waals surface area contributed by atoms with Crippen LogP contribution in [0.25, 0.3) is 0 Å². The van der Waals surface area contributed by atoms with E-state index >= 15 is 0 Å². The van der Waals surface area contributed by atoms with E-state index in [1.54, 1.807) is 0 Å². The summed E-state index contributed by atoms with van der Waals surface area (Å²) >= 11 is 8.10. The van der Waals surface area contributed by atoms with Gasteiger partial charge in [0.05, 0.1) is 0 Å². The zero-order chi connectivity index (χ0) is 21.9. The standard InChI is InChI=1S/C28H37ClNP.2ClH/c29-31(26-18-10-7-11-19-26,27-20-12-8-13-21-27,28-22-14-9-15-23-28)25-17-6-4-2-1-3-5-16-24-30;;/h7-15,18-23H,1-6,16-17,24-25,30H2;2*1H. The Morgan fingerprint density at radius 1 is 0.515 bits per heavy atom. The number of unbranched alkanes of at least 4 members (excludes halogenated alkanes) is 7. The van der Waals surface area contributed by atoms with Crippen LogP contribution in [0.1, 0.15) is 51.4 Å². The van der Waals surface area contributed by atoms with Crippen molar-refractivity contribution in [2.75, 3.05) is 12.7 Å². The molecular formula is C28H39Cl3NP. The van der Waals surface area contributed by atoms with E-state index in [-0.39, 0.29) is 24.8 Å². The fourth-order valence-corrected chi connectivity index (χ4v) is 10.9. The summed E-state index contributed by atoms with van der Waals surface area (Å²) in [7, 11) is 0. The van der Waals surface area contributed by atoms with E-state index < -0.39 is 5.96 Å². The molecule has 3 aromatic rings. The van der Waals surface area contributed by atoms with Gasteiger partial charge in [-0.3, -0.25) is 0 Å². The molecule has 0 fully saturated rings. The van der Waals surface area contributed by atoms with Crippen LogP contribution in [0.5, 0.6) is 0 Å². The monoisotopic (exact) mass is 525 g/mol. The first-order valence-corrected chi connectivity index (χ1v) is 15.2. The molecule has 0 bridgehead atoms. The average Bonchev–Trinajstić information content (AvgIpc) is 2.84. The molecule has 0 saturated carbocycles. The second-order valence-electron chi connectivity index (χ2n) is 8.60. The Hall–Kier alpha value is -1.08. The number of hydrogen-bond donors (Lipinski definition) is 1. The minimum absolute atomic E-state index is 0. The van der Waals surface area contributed by atoms with E-state index in [1.165, 1.54) is 60.9 Å². The van der Waals surface area contributed by atoms with Crippen molar-refractivity contribution in [1.29, 1.82) is 0 Å². The molecule has 3 N–H and O–H groups in total. The minimum atomic E-state index is -3.06. The molecule has 182 valence electrons. The summed E-state index contributed by atoms with van der Waals surface area (Å²) in [6, 6.07) is 32.5. The summed E-state index contributed by atoms with van der Waals surface area (Å²) in [5.74, 6) is -3.06. The van der Waals surface area contributed by atoms with Crippen LogP contribution in [-0.2, 0) is 0 Å². The van der Waals surface area contributed by atoms with Gasteiger partial charge in [0, 0.05) is 0 Å². The van der Waals surface area contributed by atoms with Crippen molar-refractivity contribution in [2.24, 2.45) is 0 Å². The third-order valence-corrected chi connectivity index (χ3v) is 14.0. The number of hydrogen-bond acceptors (Lipinski definition) is 0. The van der Waals surface area contributed by atoms with E-state index in [4.69, 9.17) is 11.2 Å². The van der Waals surface area contributed by atoms with Gasteiger partial charge in [-0.15, -0.1) is 12.4 Å². The zero-order valence-electron chi connectivity index (χ0n) is 19.5. The van der Waals surface area contributed by atoms with E-state index in [0.717, 1.165) is 19.1 Å². The van der Waals surface area contributed by atoms with Crippen LogP contribution in [0.3, 0.4) is 0 Å². The van der Waals surface area contributed by atoms with Gasteiger partial charge in [-0.2, -0.15) is 0 Å². The molecule has 33 heavy (non-hydrogen) atoms. The topological polar surface area (TPSA) is 27.6 Å². The molecule has 0 unspecified atom stereocenters. The normalized spacial score (nSPS) is 12.1. The number of quaternary nitrogens is 1. The molecule has 1 nitrogen and oxygen atoms in total. The van der Waals surface area contributed by atoms with Gasteiger partial charge >= 0.3 is 194 Å². The van der Waals surface area contributed by atoms with Crippen LogP contribution in [0.15, 0.2) is 91.0 Å². The Morgan fingerprint density at radius 3 is 1.15 bits per heavy atom. The summed E-state index contributed by atoms with van der Waals surface area (Å²) in [6.45, 7) is 1.07. The first-order valence-electron chi connectivity index (χ1n) is 11.9.